The first kappa shape index (κ1) is 14.2. The van der Waals surface area contributed by atoms with E-state index in [1.54, 1.807) is 10.4 Å². The van der Waals surface area contributed by atoms with Gasteiger partial charge in [0.15, 0.2) is 0 Å². The van der Waals surface area contributed by atoms with Crippen LogP contribution < -0.4 is 5.32 Å². The highest BCUT2D eigenvalue weighted by atomic mass is 32.2. The van der Waals surface area contributed by atoms with Crippen LogP contribution in [0.15, 0.2) is 18.5 Å². The topological polar surface area (TPSA) is 29.9 Å². The quantitative estimate of drug-likeness (QED) is 0.919. The molecule has 1 aliphatic heterocycles. The lowest BCUT2D eigenvalue weighted by atomic mass is 10.1. The fourth-order valence-corrected chi connectivity index (χ4v) is 5.17. The van der Waals surface area contributed by atoms with Crippen molar-refractivity contribution in [3.63, 3.8) is 0 Å². The molecule has 1 aliphatic rings. The van der Waals surface area contributed by atoms with Crippen molar-refractivity contribution in [2.45, 2.75) is 38.1 Å². The Morgan fingerprint density at radius 2 is 2.40 bits per heavy atom. The van der Waals surface area contributed by atoms with E-state index >= 15 is 0 Å². The number of thiophene rings is 1. The van der Waals surface area contributed by atoms with Gasteiger partial charge in [-0.15, -0.1) is 11.3 Å². The normalized spacial score (nSPS) is 16.1. The number of nitrogens with one attached hydrogen (secondary N) is 1. The molecule has 0 amide bonds. The summed E-state index contributed by atoms with van der Waals surface area (Å²) in [5.41, 5.74) is 1.56. The molecule has 0 radical (unpaired) electrons. The molecule has 108 valence electrons. The highest BCUT2D eigenvalue weighted by Crippen LogP contribution is 2.35. The van der Waals surface area contributed by atoms with Crippen LogP contribution in [0.1, 0.15) is 34.1 Å². The molecule has 1 atom stereocenters. The van der Waals surface area contributed by atoms with Crippen LogP contribution in [0.25, 0.3) is 0 Å². The average Bonchev–Trinajstić information content (AvgIpc) is 3.10. The number of hydrogen-bond acceptors (Lipinski definition) is 4. The van der Waals surface area contributed by atoms with Gasteiger partial charge in [-0.1, -0.05) is 0 Å². The molecule has 0 fully saturated rings. The number of likely N-dealkylation sites (N-methyl/N-ethyl adjacent to an activating group) is 1. The number of rotatable bonds is 5. The van der Waals surface area contributed by atoms with Crippen molar-refractivity contribution < 1.29 is 0 Å². The molecule has 0 spiro atoms. The van der Waals surface area contributed by atoms with Gasteiger partial charge in [-0.3, -0.25) is 0 Å². The summed E-state index contributed by atoms with van der Waals surface area (Å²) >= 11 is 4.04. The van der Waals surface area contributed by atoms with Gasteiger partial charge in [0.1, 0.15) is 5.82 Å². The maximum atomic E-state index is 4.51. The summed E-state index contributed by atoms with van der Waals surface area (Å²) in [5.74, 6) is 3.64. The van der Waals surface area contributed by atoms with Gasteiger partial charge >= 0.3 is 0 Å². The summed E-state index contributed by atoms with van der Waals surface area (Å²) in [6.07, 6.45) is 6.17. The molecule has 1 N–H and O–H groups in total. The van der Waals surface area contributed by atoms with Crippen molar-refractivity contribution in [1.82, 2.24) is 14.9 Å². The lowest BCUT2D eigenvalue weighted by Gasteiger charge is -2.15. The van der Waals surface area contributed by atoms with E-state index in [1.165, 1.54) is 28.6 Å². The number of hydrogen-bond donors (Lipinski definition) is 1. The van der Waals surface area contributed by atoms with Crippen LogP contribution in [0.4, 0.5) is 0 Å². The first-order valence-corrected chi connectivity index (χ1v) is 9.15. The summed E-state index contributed by atoms with van der Waals surface area (Å²) in [4.78, 5) is 7.56. The van der Waals surface area contributed by atoms with Crippen molar-refractivity contribution in [2.75, 3.05) is 12.8 Å². The highest BCUT2D eigenvalue weighted by molar-refractivity contribution is 7.98. The Kier molecular flexibility index (Phi) is 4.48. The van der Waals surface area contributed by atoms with Gasteiger partial charge < -0.3 is 9.88 Å². The van der Waals surface area contributed by atoms with Gasteiger partial charge in [-0.05, 0) is 37.8 Å². The van der Waals surface area contributed by atoms with Crippen LogP contribution in [0.3, 0.4) is 0 Å². The summed E-state index contributed by atoms with van der Waals surface area (Å²) < 4.78 is 2.23. The Balaban J connectivity index is 1.81. The zero-order valence-corrected chi connectivity index (χ0v) is 13.7. The molecule has 0 saturated carbocycles. The number of fused-ring (bicyclic) bond motifs is 1. The van der Waals surface area contributed by atoms with Gasteiger partial charge in [-0.25, -0.2) is 4.98 Å². The van der Waals surface area contributed by atoms with Gasteiger partial charge in [0.2, 0.25) is 0 Å². The molecule has 0 aliphatic carbocycles. The minimum Gasteiger partial charge on any atom is -0.335 e. The van der Waals surface area contributed by atoms with Crippen molar-refractivity contribution in [3.8, 4) is 0 Å². The molecular formula is C15H21N3S2. The molecule has 0 bridgehead atoms. The second kappa shape index (κ2) is 6.33. The van der Waals surface area contributed by atoms with E-state index in [4.69, 9.17) is 0 Å². The zero-order valence-electron chi connectivity index (χ0n) is 12.1. The number of nitrogens with zero attached hydrogens (tertiary/aromatic N) is 2. The van der Waals surface area contributed by atoms with E-state index in [1.807, 2.05) is 17.5 Å². The van der Waals surface area contributed by atoms with Gasteiger partial charge in [0.05, 0.1) is 0 Å². The Hall–Kier alpha value is -0.780. The molecular weight excluding hydrogens is 286 g/mol. The van der Waals surface area contributed by atoms with Crippen molar-refractivity contribution in [3.05, 3.63) is 39.6 Å². The van der Waals surface area contributed by atoms with Gasteiger partial charge in [0.25, 0.3) is 0 Å². The van der Waals surface area contributed by atoms with Crippen molar-refractivity contribution in [2.24, 2.45) is 0 Å². The molecule has 2 aromatic heterocycles. The van der Waals surface area contributed by atoms with Crippen molar-refractivity contribution >= 4 is 23.1 Å². The molecule has 2 aromatic rings. The van der Waals surface area contributed by atoms with Gasteiger partial charge in [0, 0.05) is 46.9 Å². The largest absolute Gasteiger partial charge is 0.335 e. The van der Waals surface area contributed by atoms with Gasteiger partial charge in [-0.2, -0.15) is 11.8 Å². The molecule has 3 heterocycles. The number of imidazole rings is 1. The third-order valence-corrected chi connectivity index (χ3v) is 6.23. The minimum absolute atomic E-state index is 0.378. The molecule has 1 unspecified atom stereocenters. The van der Waals surface area contributed by atoms with Crippen molar-refractivity contribution in [1.29, 1.82) is 0 Å². The third kappa shape index (κ3) is 2.80. The first-order chi connectivity index (χ1) is 9.81. The lowest BCUT2D eigenvalue weighted by molar-refractivity contribution is 0.560. The van der Waals surface area contributed by atoms with E-state index in [0.717, 1.165) is 13.0 Å². The molecule has 0 aromatic carbocycles. The maximum Gasteiger partial charge on any atom is 0.110 e. The third-order valence-electron chi connectivity index (χ3n) is 3.87. The molecule has 3 nitrogen and oxygen atoms in total. The Morgan fingerprint density at radius 1 is 1.50 bits per heavy atom. The zero-order chi connectivity index (χ0) is 13.9. The smallest absolute Gasteiger partial charge is 0.110 e. The highest BCUT2D eigenvalue weighted by Gasteiger charge is 2.20. The predicted octanol–water partition coefficient (Wildman–Crippen LogP) is 3.26. The van der Waals surface area contributed by atoms with Crippen LogP contribution in [0.2, 0.25) is 0 Å². The standard InChI is InChI=1S/C15H21N3S2/c1-3-18-6-5-17-15(18)9-12(16-2)14-8-11-10-19-7-4-13(11)20-14/h5-6,8,12,16H,3-4,7,9-10H2,1-2H3. The minimum atomic E-state index is 0.378. The van der Waals surface area contributed by atoms with Crippen LogP contribution >= 0.6 is 23.1 Å². The first-order valence-electron chi connectivity index (χ1n) is 7.18. The number of aromatic nitrogens is 2. The Morgan fingerprint density at radius 3 is 3.15 bits per heavy atom. The summed E-state index contributed by atoms with van der Waals surface area (Å²) in [5, 5.41) is 3.47. The maximum absolute atomic E-state index is 4.51. The molecule has 0 saturated heterocycles. The van der Waals surface area contributed by atoms with Crippen LogP contribution in [0, 0.1) is 0 Å². The van der Waals surface area contributed by atoms with Crippen LogP contribution in [-0.2, 0) is 25.1 Å². The van der Waals surface area contributed by atoms with E-state index in [2.05, 4.69) is 52.9 Å². The summed E-state index contributed by atoms with van der Waals surface area (Å²) in [7, 11) is 2.05. The SMILES string of the molecule is CCn1ccnc1CC(NC)c1cc2c(s1)CCSC2. The molecule has 20 heavy (non-hydrogen) atoms. The van der Waals surface area contributed by atoms with E-state index < -0.39 is 0 Å². The molecule has 5 heteroatoms. The number of thioether (sulfide) groups is 1. The lowest BCUT2D eigenvalue weighted by Crippen LogP contribution is -2.19. The predicted molar refractivity (Wildman–Crippen MR) is 87.6 cm³/mol. The average molecular weight is 307 g/mol. The molecule has 3 rings (SSSR count). The fourth-order valence-electron chi connectivity index (χ4n) is 2.69. The monoisotopic (exact) mass is 307 g/mol. The Bertz CT molecular complexity index is 550. The van der Waals surface area contributed by atoms with E-state index in [0.29, 0.717) is 6.04 Å². The van der Waals surface area contributed by atoms with Crippen LogP contribution in [-0.4, -0.2) is 22.4 Å². The Labute approximate surface area is 128 Å². The van der Waals surface area contributed by atoms with Crippen LogP contribution in [0.5, 0.6) is 0 Å². The summed E-state index contributed by atoms with van der Waals surface area (Å²) in [6, 6.07) is 2.79. The summed E-state index contributed by atoms with van der Waals surface area (Å²) in [6.45, 7) is 3.16. The fraction of sp³-hybridized carbons (Fsp3) is 0.533. The van der Waals surface area contributed by atoms with E-state index in [-0.39, 0.29) is 0 Å². The second-order valence-electron chi connectivity index (χ2n) is 5.07. The number of aryl methyl sites for hydroxylation is 2. The van der Waals surface area contributed by atoms with E-state index in [9.17, 15) is 0 Å². The second-order valence-corrected chi connectivity index (χ2v) is 7.35.